The highest BCUT2D eigenvalue weighted by molar-refractivity contribution is 6.75. The molecule has 0 bridgehead atoms. The summed E-state index contributed by atoms with van der Waals surface area (Å²) in [5.74, 6) is 0. The first-order chi connectivity index (χ1) is 8.93. The molecule has 4 heteroatoms. The van der Waals surface area contributed by atoms with Crippen LogP contribution < -0.4 is 5.19 Å². The third-order valence-corrected chi connectivity index (χ3v) is 5.69. The Bertz CT molecular complexity index is 388. The van der Waals surface area contributed by atoms with E-state index >= 15 is 0 Å². The van der Waals surface area contributed by atoms with Crippen molar-refractivity contribution in [3.05, 3.63) is 36.4 Å². The molecule has 0 aliphatic heterocycles. The second kappa shape index (κ2) is 7.00. The molecule has 0 unspecified atom stereocenters. The normalized spacial score (nSPS) is 12.2. The van der Waals surface area contributed by atoms with Crippen LogP contribution in [0.1, 0.15) is 33.3 Å². The summed E-state index contributed by atoms with van der Waals surface area (Å²) in [5, 5.41) is 0.975. The third-order valence-electron chi connectivity index (χ3n) is 2.55. The second-order valence-electron chi connectivity index (χ2n) is 4.92. The topological polar surface area (TPSA) is 27.7 Å². The van der Waals surface area contributed by atoms with Crippen molar-refractivity contribution >= 4 is 20.1 Å². The van der Waals surface area contributed by atoms with Gasteiger partial charge in [0.25, 0.3) is 0 Å². The number of rotatable bonds is 7. The lowest BCUT2D eigenvalue weighted by Crippen LogP contribution is -2.58. The third kappa shape index (κ3) is 4.28. The summed E-state index contributed by atoms with van der Waals surface area (Å²) in [7, 11) is -1.19. The Morgan fingerprint density at radius 1 is 1.00 bits per heavy atom. The minimum atomic E-state index is -2.84. The van der Waals surface area contributed by atoms with E-state index in [-0.39, 0.29) is 12.2 Å². The van der Waals surface area contributed by atoms with Crippen molar-refractivity contribution in [2.75, 3.05) is 7.11 Å². The van der Waals surface area contributed by atoms with Crippen LogP contribution in [0, 0.1) is 0 Å². The fourth-order valence-electron chi connectivity index (χ4n) is 1.82. The molecule has 3 nitrogen and oxygen atoms in total. The van der Waals surface area contributed by atoms with Crippen LogP contribution in [0.25, 0.3) is 6.08 Å². The van der Waals surface area contributed by atoms with Crippen molar-refractivity contribution in [1.29, 1.82) is 0 Å². The molecule has 0 spiro atoms. The Labute approximate surface area is 117 Å². The van der Waals surface area contributed by atoms with Crippen LogP contribution in [-0.2, 0) is 13.3 Å². The van der Waals surface area contributed by atoms with Gasteiger partial charge in [0.1, 0.15) is 0 Å². The summed E-state index contributed by atoms with van der Waals surface area (Å²) in [6, 6.07) is 7.99. The van der Waals surface area contributed by atoms with E-state index in [1.807, 2.05) is 58.0 Å². The van der Waals surface area contributed by atoms with Crippen molar-refractivity contribution in [2.24, 2.45) is 0 Å². The Balaban J connectivity index is 3.14. The van der Waals surface area contributed by atoms with Crippen LogP contribution >= 0.6 is 0 Å². The first kappa shape index (κ1) is 16.1. The zero-order valence-electron chi connectivity index (χ0n) is 12.5. The van der Waals surface area contributed by atoms with Gasteiger partial charge in [-0.1, -0.05) is 36.9 Å². The Morgan fingerprint density at radius 2 is 1.47 bits per heavy atom. The molecule has 0 amide bonds. The summed E-state index contributed by atoms with van der Waals surface area (Å²) in [5.41, 5.74) is 1.07. The molecule has 19 heavy (non-hydrogen) atoms. The predicted molar refractivity (Wildman–Crippen MR) is 81.4 cm³/mol. The van der Waals surface area contributed by atoms with Gasteiger partial charge in [0, 0.05) is 24.5 Å². The Kier molecular flexibility index (Phi) is 5.94. The molecule has 0 saturated carbocycles. The molecule has 0 radical (unpaired) electrons. The first-order valence-electron chi connectivity index (χ1n) is 6.57. The maximum atomic E-state index is 6.03. The molecule has 0 aliphatic rings. The van der Waals surface area contributed by atoms with E-state index in [1.54, 1.807) is 7.11 Å². The Morgan fingerprint density at radius 3 is 1.79 bits per heavy atom. The highest BCUT2D eigenvalue weighted by Gasteiger charge is 2.44. The van der Waals surface area contributed by atoms with Gasteiger partial charge in [-0.05, 0) is 33.3 Å². The standard InChI is InChI=1S/C15H24O3Si/c1-7-14-8-10-15(11-9-14)19(16-6,17-12(2)3)18-13(4)5/h7-13H,1H2,2-6H3. The van der Waals surface area contributed by atoms with Crippen LogP contribution in [0.5, 0.6) is 0 Å². The van der Waals surface area contributed by atoms with Gasteiger partial charge in [0.2, 0.25) is 0 Å². The largest absolute Gasteiger partial charge is 0.537 e. The predicted octanol–water partition coefficient (Wildman–Crippen LogP) is 2.97. The van der Waals surface area contributed by atoms with Crippen LogP contribution in [0.15, 0.2) is 30.8 Å². The summed E-state index contributed by atoms with van der Waals surface area (Å²) < 4.78 is 17.7. The molecule has 1 aromatic rings. The summed E-state index contributed by atoms with van der Waals surface area (Å²) >= 11 is 0. The zero-order valence-corrected chi connectivity index (χ0v) is 13.5. The Hall–Kier alpha value is -0.943. The van der Waals surface area contributed by atoms with Gasteiger partial charge in [-0.25, -0.2) is 0 Å². The van der Waals surface area contributed by atoms with E-state index in [4.69, 9.17) is 13.3 Å². The number of benzene rings is 1. The van der Waals surface area contributed by atoms with E-state index in [9.17, 15) is 0 Å². The monoisotopic (exact) mass is 280 g/mol. The average Bonchev–Trinajstić information content (AvgIpc) is 2.36. The lowest BCUT2D eigenvalue weighted by molar-refractivity contribution is 0.0456. The minimum absolute atomic E-state index is 0.0458. The fraction of sp³-hybridized carbons (Fsp3) is 0.467. The molecule has 0 fully saturated rings. The van der Waals surface area contributed by atoms with E-state index in [1.165, 1.54) is 0 Å². The summed E-state index contributed by atoms with van der Waals surface area (Å²) in [4.78, 5) is 0. The van der Waals surface area contributed by atoms with Crippen molar-refractivity contribution < 1.29 is 13.3 Å². The van der Waals surface area contributed by atoms with Gasteiger partial charge in [0.15, 0.2) is 0 Å². The van der Waals surface area contributed by atoms with Crippen LogP contribution in [-0.4, -0.2) is 28.1 Å². The van der Waals surface area contributed by atoms with Gasteiger partial charge in [-0.15, -0.1) is 0 Å². The first-order valence-corrected chi connectivity index (χ1v) is 8.29. The summed E-state index contributed by atoms with van der Waals surface area (Å²) in [6.07, 6.45) is 1.90. The van der Waals surface area contributed by atoms with Crippen molar-refractivity contribution in [3.63, 3.8) is 0 Å². The van der Waals surface area contributed by atoms with E-state index in [0.29, 0.717) is 0 Å². The molecule has 0 saturated heterocycles. The van der Waals surface area contributed by atoms with Crippen molar-refractivity contribution in [2.45, 2.75) is 39.9 Å². The van der Waals surface area contributed by atoms with Gasteiger partial charge in [-0.2, -0.15) is 0 Å². The van der Waals surface area contributed by atoms with Crippen molar-refractivity contribution in [3.8, 4) is 0 Å². The van der Waals surface area contributed by atoms with Crippen LogP contribution in [0.3, 0.4) is 0 Å². The minimum Gasteiger partial charge on any atom is -0.373 e. The molecule has 106 valence electrons. The molecule has 0 heterocycles. The molecular weight excluding hydrogens is 256 g/mol. The quantitative estimate of drug-likeness (QED) is 0.719. The lowest BCUT2D eigenvalue weighted by Gasteiger charge is -2.31. The van der Waals surface area contributed by atoms with Gasteiger partial charge < -0.3 is 13.3 Å². The summed E-state index contributed by atoms with van der Waals surface area (Å²) in [6.45, 7) is 11.7. The lowest BCUT2D eigenvalue weighted by atomic mass is 10.2. The van der Waals surface area contributed by atoms with Gasteiger partial charge in [0.05, 0.1) is 0 Å². The van der Waals surface area contributed by atoms with Crippen molar-refractivity contribution in [1.82, 2.24) is 0 Å². The van der Waals surface area contributed by atoms with E-state index in [2.05, 4.69) is 6.58 Å². The zero-order chi connectivity index (χ0) is 14.5. The number of hydrogen-bond donors (Lipinski definition) is 0. The number of hydrogen-bond acceptors (Lipinski definition) is 3. The average molecular weight is 280 g/mol. The van der Waals surface area contributed by atoms with Gasteiger partial charge in [-0.3, -0.25) is 0 Å². The molecule has 1 rings (SSSR count). The molecular formula is C15H24O3Si. The fourth-order valence-corrected chi connectivity index (χ4v) is 4.39. The highest BCUT2D eigenvalue weighted by atomic mass is 28.4. The maximum Gasteiger partial charge on any atom is 0.537 e. The smallest absolute Gasteiger partial charge is 0.373 e. The SMILES string of the molecule is C=Cc1ccc([Si](OC)(OC(C)C)OC(C)C)cc1. The highest BCUT2D eigenvalue weighted by Crippen LogP contribution is 2.15. The second-order valence-corrected chi connectivity index (χ2v) is 7.49. The molecule has 0 N–H and O–H groups in total. The molecule has 0 aromatic heterocycles. The molecule has 0 atom stereocenters. The van der Waals surface area contributed by atoms with Gasteiger partial charge >= 0.3 is 8.80 Å². The van der Waals surface area contributed by atoms with E-state index in [0.717, 1.165) is 10.8 Å². The van der Waals surface area contributed by atoms with E-state index < -0.39 is 8.80 Å². The van der Waals surface area contributed by atoms with Crippen LogP contribution in [0.2, 0.25) is 0 Å². The van der Waals surface area contributed by atoms with Crippen LogP contribution in [0.4, 0.5) is 0 Å². The molecule has 1 aromatic carbocycles. The molecule has 0 aliphatic carbocycles. The maximum absolute atomic E-state index is 6.03.